The Kier molecular flexibility index (Phi) is 16.2. The zero-order valence-corrected chi connectivity index (χ0v) is 44.8. The summed E-state index contributed by atoms with van der Waals surface area (Å²) in [5.41, 5.74) is 8.79. The van der Waals surface area contributed by atoms with Crippen molar-refractivity contribution in [3.8, 4) is 114 Å². The van der Waals surface area contributed by atoms with E-state index < -0.39 is 17.0 Å². The van der Waals surface area contributed by atoms with Gasteiger partial charge in [0.15, 0.2) is 0 Å². The van der Waals surface area contributed by atoms with E-state index in [4.69, 9.17) is 83.9 Å². The molecule has 0 unspecified atom stereocenters. The zero-order valence-electron chi connectivity index (χ0n) is 43.1. The summed E-state index contributed by atoms with van der Waals surface area (Å²) in [7, 11) is 19.0. The van der Waals surface area contributed by atoms with Gasteiger partial charge in [0.05, 0.1) is 130 Å². The monoisotopic (exact) mass is 1110 g/mol. The topological polar surface area (TPSA) is 199 Å². The van der Waals surface area contributed by atoms with Gasteiger partial charge in [-0.1, -0.05) is 24.3 Å². The minimum atomic E-state index is -1.79. The molecule has 0 N–H and O–H groups in total. The molecule has 0 radical (unpaired) electrons. The van der Waals surface area contributed by atoms with Crippen molar-refractivity contribution < 1.29 is 81.0 Å². The van der Waals surface area contributed by atoms with Crippen LogP contribution >= 0.6 is 0 Å². The van der Waals surface area contributed by atoms with Crippen LogP contribution < -0.4 is 66.8 Å². The van der Waals surface area contributed by atoms with Crippen LogP contribution in [0.3, 0.4) is 0 Å². The van der Waals surface area contributed by atoms with Gasteiger partial charge in [-0.3, -0.25) is 0 Å². The third-order valence-electron chi connectivity index (χ3n) is 12.5. The van der Waals surface area contributed by atoms with E-state index >= 15 is 0 Å². The van der Waals surface area contributed by atoms with Crippen LogP contribution in [0.25, 0.3) is 90.9 Å². The van der Waals surface area contributed by atoms with Crippen molar-refractivity contribution >= 4 is 46.4 Å². The molecule has 0 fully saturated rings. The summed E-state index contributed by atoms with van der Waals surface area (Å²) in [6.45, 7) is 0. The maximum atomic E-state index is 8.46. The van der Waals surface area contributed by atoms with E-state index in [2.05, 4.69) is 0 Å². The molecule has 0 aliphatic carbocycles. The number of rotatable bonds is 16. The van der Waals surface area contributed by atoms with Crippen LogP contribution in [0.5, 0.6) is 69.0 Å². The van der Waals surface area contributed by atoms with Crippen molar-refractivity contribution in [3.63, 3.8) is 0 Å². The fourth-order valence-electron chi connectivity index (χ4n) is 9.12. The van der Waals surface area contributed by atoms with Gasteiger partial charge in [0.1, 0.15) is 69.0 Å². The molecule has 2 aliphatic rings. The number of aromatic nitrogens is 4. The van der Waals surface area contributed by atoms with Gasteiger partial charge in [-0.05, 0) is 24.3 Å². The van der Waals surface area contributed by atoms with Crippen molar-refractivity contribution in [2.75, 3.05) is 85.3 Å². The molecule has 5 heterocycles. The quantitative estimate of drug-likeness (QED) is 0.0827. The van der Waals surface area contributed by atoms with Crippen LogP contribution in [0, 0.1) is 0 Å². The van der Waals surface area contributed by atoms with E-state index in [1.165, 1.54) is 0 Å². The van der Waals surface area contributed by atoms with Crippen LogP contribution in [0.15, 0.2) is 72.8 Å². The first-order chi connectivity index (χ1) is 36.5. The summed E-state index contributed by atoms with van der Waals surface area (Å²) in [6, 6.07) is 22.0. The molecule has 7 aromatic rings. The molecule has 18 nitrogen and oxygen atoms in total. The Labute approximate surface area is 439 Å². The van der Waals surface area contributed by atoms with Gasteiger partial charge in [0, 0.05) is 70.8 Å². The first kappa shape index (κ1) is 52.6. The van der Waals surface area contributed by atoms with E-state index in [0.717, 1.165) is 0 Å². The number of nitrogens with zero attached hydrogens (tertiary/aromatic N) is 4. The van der Waals surface area contributed by atoms with Gasteiger partial charge in [0.2, 0.25) is 0 Å². The summed E-state index contributed by atoms with van der Waals surface area (Å²) >= 11 is -1.79. The number of hydrogen-bond donors (Lipinski definition) is 0. The summed E-state index contributed by atoms with van der Waals surface area (Å²) in [4.78, 5) is 21.8. The Morgan fingerprint density at radius 2 is 0.467 bits per heavy atom. The van der Waals surface area contributed by atoms with Gasteiger partial charge >= 0.3 is 24.2 Å². The molecule has 0 saturated carbocycles. The van der Waals surface area contributed by atoms with Crippen LogP contribution in [0.2, 0.25) is 0 Å². The average Bonchev–Trinajstić information content (AvgIpc) is 4.31. The van der Waals surface area contributed by atoms with Gasteiger partial charge < -0.3 is 66.8 Å². The molecule has 3 aromatic heterocycles. The molecule has 0 spiro atoms. The molecular weight excluding hydrogens is 1050 g/mol. The minimum absolute atomic E-state index is 0.451. The summed E-state index contributed by atoms with van der Waals surface area (Å²) in [6.07, 6.45) is 7.67. The molecule has 75 heavy (non-hydrogen) atoms. The fourth-order valence-corrected chi connectivity index (χ4v) is 9.12. The molecule has 4 aromatic carbocycles. The number of fused-ring (bicyclic) bond motifs is 8. The summed E-state index contributed by atoms with van der Waals surface area (Å²) < 4.78 is 88.6. The van der Waals surface area contributed by atoms with E-state index in [9.17, 15) is 0 Å². The second kappa shape index (κ2) is 23.0. The molecule has 8 bridgehead atoms. The van der Waals surface area contributed by atoms with E-state index in [1.54, 1.807) is 134 Å². The summed E-state index contributed by atoms with van der Waals surface area (Å²) in [5.74, 6) is 5.70. The van der Waals surface area contributed by atoms with E-state index in [1.807, 2.05) is 48.6 Å². The molecule has 0 saturated heterocycles. The van der Waals surface area contributed by atoms with Crippen LogP contribution in [0.1, 0.15) is 22.8 Å². The van der Waals surface area contributed by atoms with E-state index in [0.29, 0.717) is 158 Å². The number of hydrogen-bond acceptors (Lipinski definition) is 16. The molecule has 0 amide bonds. The molecule has 390 valence electrons. The van der Waals surface area contributed by atoms with Crippen LogP contribution in [0.4, 0.5) is 0 Å². The van der Waals surface area contributed by atoms with Crippen molar-refractivity contribution in [2.45, 2.75) is 0 Å². The standard InChI is InChI=1S/C56H52N4O12.2O.Ru/c1-61-29-21-41(65-5)53(42(22-29)66-6)49-33-13-15-35(57-33)50(54-43(67-7)23-30(62-2)24-44(54)68-8)37-17-19-39(59-37)52(56-47(71-11)27-32(64-4)28-48(56)72-12)40-20-18-38(60-40)51(36-16-14-34(49)58-36)55-45(69-9)25-31(63-3)26-46(55)70-10;;;/h13-28H,1-12H3;;;/q-2;;;. The van der Waals surface area contributed by atoms with Gasteiger partial charge in [-0.2, -0.15) is 0 Å². The second-order valence-electron chi connectivity index (χ2n) is 16.0. The molecule has 0 atom stereocenters. The SMILES string of the molecule is COc1cc(OC)c(-c2c3nc(c(-c4c(OC)cc(OC)cc4OC)c4ccc([n-]4)c(-c4c(OC)cc(OC)cc4OC)c4nc(c(-c5c(OC)cc(OC)cc5OC)c5ccc2[n-]5)C=C4)C=C3)c(OC)c1.[O]=[Ru]=[O]. The molecule has 19 heteroatoms. The van der Waals surface area contributed by atoms with Crippen molar-refractivity contribution in [2.24, 2.45) is 0 Å². The van der Waals surface area contributed by atoms with Gasteiger partial charge in [-0.15, -0.1) is 22.1 Å². The number of methoxy groups -OCH3 is 12. The molecule has 9 rings (SSSR count). The normalized spacial score (nSPS) is 11.3. The predicted molar refractivity (Wildman–Crippen MR) is 279 cm³/mol. The molecular formula is C56H52N4O14Ru-2. The number of ether oxygens (including phenoxy) is 12. The van der Waals surface area contributed by atoms with Crippen LogP contribution in [-0.4, -0.2) is 95.3 Å². The Bertz CT molecular complexity index is 3050. The second-order valence-corrected chi connectivity index (χ2v) is 16.3. The fraction of sp³-hybridized carbons (Fsp3) is 0.214. The first-order valence-electron chi connectivity index (χ1n) is 22.7. The van der Waals surface area contributed by atoms with Crippen LogP contribution in [-0.2, 0) is 24.2 Å². The van der Waals surface area contributed by atoms with Gasteiger partial charge in [-0.25, -0.2) is 9.97 Å². The Balaban J connectivity index is 0.00000243. The van der Waals surface area contributed by atoms with Crippen molar-refractivity contribution in [1.82, 2.24) is 19.9 Å². The maximum absolute atomic E-state index is 8.46. The average molecular weight is 1110 g/mol. The third kappa shape index (κ3) is 9.81. The van der Waals surface area contributed by atoms with E-state index in [-0.39, 0.29) is 0 Å². The third-order valence-corrected chi connectivity index (χ3v) is 12.5. The Hall–Kier alpha value is -8.70. The predicted octanol–water partition coefficient (Wildman–Crippen LogP) is 10.4. The number of benzene rings is 4. The first-order valence-corrected chi connectivity index (χ1v) is 24.1. The Morgan fingerprint density at radius 3 is 0.613 bits per heavy atom. The summed E-state index contributed by atoms with van der Waals surface area (Å²) in [5, 5.41) is 0. The molecule has 2 aliphatic heterocycles. The van der Waals surface area contributed by atoms with Crippen molar-refractivity contribution in [3.05, 3.63) is 95.6 Å². The van der Waals surface area contributed by atoms with Gasteiger partial charge in [0.25, 0.3) is 0 Å². The van der Waals surface area contributed by atoms with Crippen molar-refractivity contribution in [1.29, 1.82) is 0 Å². The zero-order chi connectivity index (χ0) is 53.5. The Morgan fingerprint density at radius 1 is 0.293 bits per heavy atom.